The van der Waals surface area contributed by atoms with E-state index < -0.39 is 17.6 Å². The molecular weight excluding hydrogens is 234 g/mol. The van der Waals surface area contributed by atoms with Gasteiger partial charge in [-0.3, -0.25) is 4.90 Å². The van der Waals surface area contributed by atoms with Crippen LogP contribution in [0.1, 0.15) is 30.5 Å². The molecule has 0 spiro atoms. The van der Waals surface area contributed by atoms with E-state index >= 15 is 0 Å². The maximum absolute atomic E-state index is 13.8. The minimum Gasteiger partial charge on any atom is -0.292 e. The molecule has 0 bridgehead atoms. The first-order chi connectivity index (χ1) is 7.80. The molecule has 1 aromatic carbocycles. The van der Waals surface area contributed by atoms with E-state index in [0.29, 0.717) is 12.1 Å². The fourth-order valence-corrected chi connectivity index (χ4v) is 2.04. The van der Waals surface area contributed by atoms with Gasteiger partial charge in [0.05, 0.1) is 5.56 Å². The number of alkyl halides is 3. The number of fused-ring (bicyclic) bond motifs is 1. The monoisotopic (exact) mass is 247 g/mol. The molecule has 0 fully saturated rings. The molecular formula is C12H13F4N. The summed E-state index contributed by atoms with van der Waals surface area (Å²) >= 11 is 0. The van der Waals surface area contributed by atoms with E-state index in [-0.39, 0.29) is 18.2 Å². The second-order valence-electron chi connectivity index (χ2n) is 4.56. The molecule has 0 saturated carbocycles. The molecule has 2 rings (SSSR count). The second-order valence-corrected chi connectivity index (χ2v) is 4.56. The van der Waals surface area contributed by atoms with Gasteiger partial charge in [0, 0.05) is 24.7 Å². The molecule has 0 saturated heterocycles. The molecule has 1 aromatic rings. The number of benzene rings is 1. The number of hydrogen-bond acceptors (Lipinski definition) is 1. The molecule has 1 aliphatic rings. The highest BCUT2D eigenvalue weighted by molar-refractivity contribution is 5.37. The number of nitrogens with zero attached hydrogens (tertiary/aromatic N) is 1. The molecule has 0 aromatic heterocycles. The van der Waals surface area contributed by atoms with Gasteiger partial charge in [0.2, 0.25) is 0 Å². The normalized spacial score (nSPS) is 16.6. The fourth-order valence-electron chi connectivity index (χ4n) is 2.04. The van der Waals surface area contributed by atoms with Crippen LogP contribution < -0.4 is 0 Å². The second kappa shape index (κ2) is 3.98. The van der Waals surface area contributed by atoms with Crippen LogP contribution >= 0.6 is 0 Å². The van der Waals surface area contributed by atoms with Crippen molar-refractivity contribution in [2.24, 2.45) is 0 Å². The van der Waals surface area contributed by atoms with Crippen molar-refractivity contribution < 1.29 is 17.6 Å². The fraction of sp³-hybridized carbons (Fsp3) is 0.500. The van der Waals surface area contributed by atoms with Crippen LogP contribution in [-0.2, 0) is 19.3 Å². The Kier molecular flexibility index (Phi) is 2.89. The highest BCUT2D eigenvalue weighted by Gasteiger charge is 2.37. The summed E-state index contributed by atoms with van der Waals surface area (Å²) in [6.45, 7) is 4.65. The van der Waals surface area contributed by atoms with Gasteiger partial charge in [0.25, 0.3) is 0 Å². The summed E-state index contributed by atoms with van der Waals surface area (Å²) in [4.78, 5) is 1.94. The van der Waals surface area contributed by atoms with Gasteiger partial charge in [-0.1, -0.05) is 6.07 Å². The summed E-state index contributed by atoms with van der Waals surface area (Å²) in [5.74, 6) is -1.11. The van der Waals surface area contributed by atoms with Gasteiger partial charge < -0.3 is 0 Å². The van der Waals surface area contributed by atoms with Crippen LogP contribution in [0.25, 0.3) is 0 Å². The molecule has 94 valence electrons. The van der Waals surface area contributed by atoms with Gasteiger partial charge in [0.15, 0.2) is 0 Å². The molecule has 0 radical (unpaired) electrons. The Hall–Kier alpha value is -1.10. The number of halogens is 4. The quantitative estimate of drug-likeness (QED) is 0.686. The topological polar surface area (TPSA) is 3.24 Å². The average Bonchev–Trinajstić information content (AvgIpc) is 2.60. The van der Waals surface area contributed by atoms with Gasteiger partial charge in [-0.15, -0.1) is 0 Å². The van der Waals surface area contributed by atoms with Crippen LogP contribution in [0.5, 0.6) is 0 Å². The molecule has 1 heterocycles. The van der Waals surface area contributed by atoms with E-state index in [9.17, 15) is 17.6 Å². The van der Waals surface area contributed by atoms with Gasteiger partial charge >= 0.3 is 6.18 Å². The van der Waals surface area contributed by atoms with Gasteiger partial charge in [-0.25, -0.2) is 4.39 Å². The third-order valence-corrected chi connectivity index (χ3v) is 3.11. The zero-order valence-corrected chi connectivity index (χ0v) is 9.61. The minimum absolute atomic E-state index is 0.188. The van der Waals surface area contributed by atoms with Crippen molar-refractivity contribution in [1.82, 2.24) is 4.90 Å². The number of hydrogen-bond donors (Lipinski definition) is 0. The standard InChI is InChI=1S/C12H13F4N/c1-7(2)17-5-8-3-4-10(12(14,15)16)11(13)9(8)6-17/h3-4,7H,5-6H2,1-2H3. The van der Waals surface area contributed by atoms with Crippen molar-refractivity contribution in [2.75, 3.05) is 0 Å². The van der Waals surface area contributed by atoms with E-state index in [0.717, 1.165) is 6.07 Å². The third-order valence-electron chi connectivity index (χ3n) is 3.11. The molecule has 0 aliphatic carbocycles. The lowest BCUT2D eigenvalue weighted by molar-refractivity contribution is -0.140. The lowest BCUT2D eigenvalue weighted by atomic mass is 10.1. The third kappa shape index (κ3) is 2.16. The Morgan fingerprint density at radius 3 is 2.35 bits per heavy atom. The minimum atomic E-state index is -4.62. The van der Waals surface area contributed by atoms with E-state index in [4.69, 9.17) is 0 Å². The highest BCUT2D eigenvalue weighted by Crippen LogP contribution is 2.36. The first-order valence-electron chi connectivity index (χ1n) is 5.42. The average molecular weight is 247 g/mol. The van der Waals surface area contributed by atoms with Gasteiger partial charge in [-0.2, -0.15) is 13.2 Å². The Morgan fingerprint density at radius 1 is 1.18 bits per heavy atom. The Labute approximate surface area is 97.0 Å². The number of rotatable bonds is 1. The zero-order valence-electron chi connectivity index (χ0n) is 9.61. The highest BCUT2D eigenvalue weighted by atomic mass is 19.4. The van der Waals surface area contributed by atoms with Crippen LogP contribution in [-0.4, -0.2) is 10.9 Å². The van der Waals surface area contributed by atoms with Crippen molar-refractivity contribution in [3.8, 4) is 0 Å². The Balaban J connectivity index is 2.41. The first kappa shape index (κ1) is 12.4. The predicted molar refractivity (Wildman–Crippen MR) is 55.8 cm³/mol. The smallest absolute Gasteiger partial charge is 0.292 e. The van der Waals surface area contributed by atoms with Crippen molar-refractivity contribution in [1.29, 1.82) is 0 Å². The van der Waals surface area contributed by atoms with Crippen LogP contribution in [0.2, 0.25) is 0 Å². The van der Waals surface area contributed by atoms with Gasteiger partial charge in [-0.05, 0) is 25.5 Å². The van der Waals surface area contributed by atoms with E-state index in [1.807, 2.05) is 18.7 Å². The van der Waals surface area contributed by atoms with E-state index in [1.54, 1.807) is 0 Å². The molecule has 1 aliphatic heterocycles. The van der Waals surface area contributed by atoms with Crippen LogP contribution in [0.4, 0.5) is 17.6 Å². The largest absolute Gasteiger partial charge is 0.419 e. The Morgan fingerprint density at radius 2 is 1.82 bits per heavy atom. The Bertz CT molecular complexity index is 437. The molecule has 0 atom stereocenters. The van der Waals surface area contributed by atoms with Crippen molar-refractivity contribution in [3.63, 3.8) is 0 Å². The summed E-state index contributed by atoms with van der Waals surface area (Å²) in [5.41, 5.74) is -0.320. The summed E-state index contributed by atoms with van der Waals surface area (Å²) in [6, 6.07) is 2.40. The molecule has 1 nitrogen and oxygen atoms in total. The molecule has 0 N–H and O–H groups in total. The predicted octanol–water partition coefficient (Wildman–Crippen LogP) is 3.57. The molecule has 5 heteroatoms. The zero-order chi connectivity index (χ0) is 12.8. The maximum Gasteiger partial charge on any atom is 0.419 e. The van der Waals surface area contributed by atoms with Crippen LogP contribution in [0.15, 0.2) is 12.1 Å². The molecule has 0 unspecified atom stereocenters. The first-order valence-corrected chi connectivity index (χ1v) is 5.42. The lowest BCUT2D eigenvalue weighted by Crippen LogP contribution is -2.24. The van der Waals surface area contributed by atoms with E-state index in [1.165, 1.54) is 6.07 Å². The summed E-state index contributed by atoms with van der Waals surface area (Å²) in [6.07, 6.45) is -4.62. The van der Waals surface area contributed by atoms with Crippen LogP contribution in [0, 0.1) is 5.82 Å². The lowest BCUT2D eigenvalue weighted by Gasteiger charge is -2.19. The van der Waals surface area contributed by atoms with Crippen molar-refractivity contribution in [2.45, 2.75) is 39.2 Å². The maximum atomic E-state index is 13.8. The molecule has 17 heavy (non-hydrogen) atoms. The van der Waals surface area contributed by atoms with Crippen molar-refractivity contribution in [3.05, 3.63) is 34.6 Å². The van der Waals surface area contributed by atoms with Crippen LogP contribution in [0.3, 0.4) is 0 Å². The summed E-state index contributed by atoms with van der Waals surface area (Å²) < 4.78 is 51.3. The summed E-state index contributed by atoms with van der Waals surface area (Å²) in [7, 11) is 0. The van der Waals surface area contributed by atoms with Gasteiger partial charge in [0.1, 0.15) is 5.82 Å². The van der Waals surface area contributed by atoms with E-state index in [2.05, 4.69) is 0 Å². The SMILES string of the molecule is CC(C)N1Cc2ccc(C(F)(F)F)c(F)c2C1. The summed E-state index contributed by atoms with van der Waals surface area (Å²) in [5, 5.41) is 0. The van der Waals surface area contributed by atoms with Crippen molar-refractivity contribution >= 4 is 0 Å². The molecule has 0 amide bonds.